The normalized spacial score (nSPS) is 16.0. The first-order valence-corrected chi connectivity index (χ1v) is 8.19. The molecule has 2 aromatic rings. The van der Waals surface area contributed by atoms with Gasteiger partial charge < -0.3 is 9.80 Å². The van der Waals surface area contributed by atoms with E-state index in [0.29, 0.717) is 0 Å². The molecule has 0 aliphatic carbocycles. The molecular formula is C19H24FN2+. The van der Waals surface area contributed by atoms with Gasteiger partial charge in [-0.15, -0.1) is 0 Å². The highest BCUT2D eigenvalue weighted by Crippen LogP contribution is 2.14. The fraction of sp³-hybridized carbons (Fsp3) is 0.368. The Morgan fingerprint density at radius 2 is 1.59 bits per heavy atom. The Balaban J connectivity index is 1.41. The number of hydrogen-bond acceptors (Lipinski definition) is 1. The highest BCUT2D eigenvalue weighted by atomic mass is 19.1. The summed E-state index contributed by atoms with van der Waals surface area (Å²) in [5, 5.41) is 0. The van der Waals surface area contributed by atoms with E-state index in [0.717, 1.165) is 18.8 Å². The summed E-state index contributed by atoms with van der Waals surface area (Å²) >= 11 is 0. The first kappa shape index (κ1) is 15.0. The first-order chi connectivity index (χ1) is 10.8. The number of nitrogens with one attached hydrogen (secondary N) is 1. The van der Waals surface area contributed by atoms with E-state index in [1.54, 1.807) is 17.0 Å². The molecule has 3 rings (SSSR count). The van der Waals surface area contributed by atoms with Crippen LogP contribution in [0.5, 0.6) is 0 Å². The number of halogens is 1. The van der Waals surface area contributed by atoms with Crippen molar-refractivity contribution in [1.29, 1.82) is 0 Å². The monoisotopic (exact) mass is 299 g/mol. The van der Waals surface area contributed by atoms with Crippen molar-refractivity contribution >= 4 is 5.69 Å². The first-order valence-electron chi connectivity index (χ1n) is 8.19. The summed E-state index contributed by atoms with van der Waals surface area (Å²) in [5.74, 6) is -0.158. The van der Waals surface area contributed by atoms with E-state index in [1.165, 1.54) is 38.0 Å². The Morgan fingerprint density at radius 3 is 2.27 bits per heavy atom. The minimum atomic E-state index is -0.158. The third-order valence-corrected chi connectivity index (χ3v) is 4.50. The van der Waals surface area contributed by atoms with Gasteiger partial charge in [0.15, 0.2) is 0 Å². The molecule has 0 amide bonds. The van der Waals surface area contributed by atoms with Crippen molar-refractivity contribution in [1.82, 2.24) is 0 Å². The molecule has 1 fully saturated rings. The second-order valence-corrected chi connectivity index (χ2v) is 6.05. The Kier molecular flexibility index (Phi) is 5.07. The van der Waals surface area contributed by atoms with Crippen LogP contribution in [-0.2, 0) is 6.42 Å². The van der Waals surface area contributed by atoms with Gasteiger partial charge in [0.05, 0.1) is 32.7 Å². The third kappa shape index (κ3) is 4.08. The molecule has 0 radical (unpaired) electrons. The molecule has 116 valence electrons. The van der Waals surface area contributed by atoms with E-state index in [4.69, 9.17) is 0 Å². The average Bonchev–Trinajstić information content (AvgIpc) is 2.57. The van der Waals surface area contributed by atoms with Crippen molar-refractivity contribution in [2.45, 2.75) is 12.8 Å². The number of aryl methyl sites for hydroxylation is 1. The van der Waals surface area contributed by atoms with Gasteiger partial charge in [-0.2, -0.15) is 0 Å². The molecule has 1 N–H and O–H groups in total. The minimum absolute atomic E-state index is 0.158. The molecule has 0 aromatic heterocycles. The summed E-state index contributed by atoms with van der Waals surface area (Å²) in [7, 11) is 0. The minimum Gasteiger partial charge on any atom is -0.360 e. The number of nitrogens with zero attached hydrogens (tertiary/aromatic N) is 1. The number of hydrogen-bond donors (Lipinski definition) is 1. The molecule has 3 heteroatoms. The van der Waals surface area contributed by atoms with Crippen LogP contribution >= 0.6 is 0 Å². The van der Waals surface area contributed by atoms with Crippen molar-refractivity contribution in [3.05, 3.63) is 66.0 Å². The van der Waals surface area contributed by atoms with E-state index in [-0.39, 0.29) is 5.82 Å². The van der Waals surface area contributed by atoms with Crippen LogP contribution in [0.25, 0.3) is 0 Å². The van der Waals surface area contributed by atoms with Crippen LogP contribution in [0.1, 0.15) is 12.0 Å². The van der Waals surface area contributed by atoms with Crippen LogP contribution in [0.3, 0.4) is 0 Å². The topological polar surface area (TPSA) is 7.68 Å². The van der Waals surface area contributed by atoms with Gasteiger partial charge in [0, 0.05) is 12.1 Å². The predicted octanol–water partition coefficient (Wildman–Crippen LogP) is 2.16. The third-order valence-electron chi connectivity index (χ3n) is 4.50. The van der Waals surface area contributed by atoms with Gasteiger partial charge in [0.2, 0.25) is 0 Å². The highest BCUT2D eigenvalue weighted by Gasteiger charge is 2.19. The summed E-state index contributed by atoms with van der Waals surface area (Å²) in [6.45, 7) is 5.71. The van der Waals surface area contributed by atoms with E-state index < -0.39 is 0 Å². The van der Waals surface area contributed by atoms with Gasteiger partial charge in [-0.1, -0.05) is 30.3 Å². The van der Waals surface area contributed by atoms with Crippen LogP contribution in [-0.4, -0.2) is 32.7 Å². The molecule has 22 heavy (non-hydrogen) atoms. The highest BCUT2D eigenvalue weighted by molar-refractivity contribution is 5.46. The molecule has 2 nitrogen and oxygen atoms in total. The SMILES string of the molecule is Fc1ccc(N2CC[NH+](CCCc3ccccc3)CC2)cc1. The van der Waals surface area contributed by atoms with Gasteiger partial charge in [-0.3, -0.25) is 0 Å². The standard InChI is InChI=1S/C19H23FN2/c20-18-8-10-19(11-9-18)22-15-13-21(14-16-22)12-4-7-17-5-2-1-3-6-17/h1-3,5-6,8-11H,4,7,12-16H2/p+1. The smallest absolute Gasteiger partial charge is 0.123 e. The molecule has 0 bridgehead atoms. The Labute approximate surface area is 132 Å². The molecule has 0 atom stereocenters. The molecule has 1 saturated heterocycles. The number of benzene rings is 2. The van der Waals surface area contributed by atoms with Crippen molar-refractivity contribution < 1.29 is 9.29 Å². The van der Waals surface area contributed by atoms with Crippen LogP contribution in [0, 0.1) is 5.82 Å². The maximum atomic E-state index is 13.0. The summed E-state index contributed by atoms with van der Waals surface area (Å²) in [6, 6.07) is 17.6. The molecular weight excluding hydrogens is 275 g/mol. The van der Waals surface area contributed by atoms with Gasteiger partial charge in [-0.25, -0.2) is 4.39 Å². The van der Waals surface area contributed by atoms with Crippen molar-refractivity contribution in [3.63, 3.8) is 0 Å². The molecule has 0 unspecified atom stereocenters. The average molecular weight is 299 g/mol. The van der Waals surface area contributed by atoms with E-state index in [2.05, 4.69) is 35.2 Å². The van der Waals surface area contributed by atoms with Crippen molar-refractivity contribution in [3.8, 4) is 0 Å². The van der Waals surface area contributed by atoms with Crippen LogP contribution < -0.4 is 9.80 Å². The lowest BCUT2D eigenvalue weighted by Crippen LogP contribution is -3.14. The number of rotatable bonds is 5. The van der Waals surface area contributed by atoms with Crippen LogP contribution in [0.15, 0.2) is 54.6 Å². The van der Waals surface area contributed by atoms with Gasteiger partial charge in [-0.05, 0) is 36.2 Å². The summed E-state index contributed by atoms with van der Waals surface area (Å²) in [5.41, 5.74) is 2.58. The molecule has 0 spiro atoms. The van der Waals surface area contributed by atoms with E-state index >= 15 is 0 Å². The zero-order valence-electron chi connectivity index (χ0n) is 13.0. The van der Waals surface area contributed by atoms with Crippen LogP contribution in [0.2, 0.25) is 0 Å². The molecule has 1 heterocycles. The summed E-state index contributed by atoms with van der Waals surface area (Å²) < 4.78 is 13.0. The van der Waals surface area contributed by atoms with Crippen molar-refractivity contribution in [2.24, 2.45) is 0 Å². The van der Waals surface area contributed by atoms with Crippen molar-refractivity contribution in [2.75, 3.05) is 37.6 Å². The van der Waals surface area contributed by atoms with Gasteiger partial charge >= 0.3 is 0 Å². The van der Waals surface area contributed by atoms with Crippen LogP contribution in [0.4, 0.5) is 10.1 Å². The lowest BCUT2D eigenvalue weighted by Gasteiger charge is -2.33. The lowest BCUT2D eigenvalue weighted by molar-refractivity contribution is -0.900. The Hall–Kier alpha value is -1.87. The number of anilines is 1. The number of quaternary nitrogens is 1. The number of piperazine rings is 1. The summed E-state index contributed by atoms with van der Waals surface area (Å²) in [4.78, 5) is 4.05. The summed E-state index contributed by atoms with van der Waals surface area (Å²) in [6.07, 6.45) is 2.42. The lowest BCUT2D eigenvalue weighted by atomic mass is 10.1. The Morgan fingerprint density at radius 1 is 0.909 bits per heavy atom. The van der Waals surface area contributed by atoms with Gasteiger partial charge in [0.25, 0.3) is 0 Å². The fourth-order valence-corrected chi connectivity index (χ4v) is 3.17. The van der Waals surface area contributed by atoms with E-state index in [9.17, 15) is 4.39 Å². The molecule has 1 aliphatic rings. The second kappa shape index (κ2) is 7.41. The Bertz CT molecular complexity index is 560. The molecule has 0 saturated carbocycles. The maximum absolute atomic E-state index is 13.0. The zero-order valence-corrected chi connectivity index (χ0v) is 13.0. The zero-order chi connectivity index (χ0) is 15.2. The van der Waals surface area contributed by atoms with E-state index in [1.807, 2.05) is 12.1 Å². The maximum Gasteiger partial charge on any atom is 0.123 e. The quantitative estimate of drug-likeness (QED) is 0.889. The largest absolute Gasteiger partial charge is 0.360 e. The predicted molar refractivity (Wildman–Crippen MR) is 88.9 cm³/mol. The molecule has 1 aliphatic heterocycles. The molecule has 2 aromatic carbocycles. The second-order valence-electron chi connectivity index (χ2n) is 6.05. The van der Waals surface area contributed by atoms with Gasteiger partial charge in [0.1, 0.15) is 5.82 Å². The fourth-order valence-electron chi connectivity index (χ4n) is 3.17.